The second-order valence-electron chi connectivity index (χ2n) is 7.33. The lowest BCUT2D eigenvalue weighted by atomic mass is 10.1. The van der Waals surface area contributed by atoms with E-state index < -0.39 is 0 Å². The summed E-state index contributed by atoms with van der Waals surface area (Å²) in [7, 11) is 0. The van der Waals surface area contributed by atoms with E-state index >= 15 is 0 Å². The number of aromatic nitrogens is 1. The van der Waals surface area contributed by atoms with E-state index in [9.17, 15) is 4.79 Å². The first kappa shape index (κ1) is 25.1. The number of fused-ring (bicyclic) bond motifs is 1. The third-order valence-electron chi connectivity index (χ3n) is 5.47. The minimum atomic E-state index is 0. The number of nitrogens with zero attached hydrogens (tertiary/aromatic N) is 3. The fourth-order valence-corrected chi connectivity index (χ4v) is 4.41. The molecule has 0 fully saturated rings. The zero-order valence-electron chi connectivity index (χ0n) is 18.8. The fourth-order valence-electron chi connectivity index (χ4n) is 3.35. The molecule has 0 N–H and O–H groups in total. The molecule has 0 spiro atoms. The lowest BCUT2D eigenvalue weighted by Crippen LogP contribution is -2.39. The number of carbonyl (C=O) groups excluding carboxylic acids is 1. The van der Waals surface area contributed by atoms with Crippen LogP contribution >= 0.6 is 23.7 Å². The molecular formula is C24H32ClN3O2S. The number of aryl methyl sites for hydroxylation is 2. The molecule has 0 bridgehead atoms. The number of thiazole rings is 1. The molecule has 168 valence electrons. The highest BCUT2D eigenvalue weighted by Crippen LogP contribution is 2.32. The molecule has 1 heterocycles. The molecule has 0 unspecified atom stereocenters. The molecule has 0 radical (unpaired) electrons. The van der Waals surface area contributed by atoms with Gasteiger partial charge in [-0.2, -0.15) is 0 Å². The Hall–Kier alpha value is -2.15. The van der Waals surface area contributed by atoms with Crippen molar-refractivity contribution in [2.24, 2.45) is 0 Å². The molecule has 3 rings (SSSR count). The van der Waals surface area contributed by atoms with Crippen molar-refractivity contribution in [3.63, 3.8) is 0 Å². The molecule has 0 saturated heterocycles. The van der Waals surface area contributed by atoms with Gasteiger partial charge in [-0.05, 0) is 56.3 Å². The number of hydrogen-bond donors (Lipinski definition) is 0. The zero-order valence-corrected chi connectivity index (χ0v) is 20.4. The number of amides is 1. The van der Waals surface area contributed by atoms with Gasteiger partial charge >= 0.3 is 0 Å². The van der Waals surface area contributed by atoms with Gasteiger partial charge in [-0.1, -0.05) is 49.4 Å². The van der Waals surface area contributed by atoms with Gasteiger partial charge in [-0.3, -0.25) is 9.69 Å². The summed E-state index contributed by atoms with van der Waals surface area (Å²) in [5, 5.41) is 0.774. The highest BCUT2D eigenvalue weighted by Gasteiger charge is 2.21. The first-order chi connectivity index (χ1) is 14.5. The van der Waals surface area contributed by atoms with Crippen LogP contribution in [-0.2, 0) is 4.79 Å². The summed E-state index contributed by atoms with van der Waals surface area (Å²) in [6.45, 7) is 12.2. The molecule has 5 nitrogen and oxygen atoms in total. The van der Waals surface area contributed by atoms with Gasteiger partial charge in [-0.15, -0.1) is 12.4 Å². The Bertz CT molecular complexity index is 974. The van der Waals surface area contributed by atoms with E-state index in [2.05, 4.69) is 44.7 Å². The van der Waals surface area contributed by atoms with E-state index in [-0.39, 0.29) is 18.3 Å². The molecule has 7 heteroatoms. The van der Waals surface area contributed by atoms with Gasteiger partial charge in [0.25, 0.3) is 0 Å². The number of carbonyl (C=O) groups is 1. The summed E-state index contributed by atoms with van der Waals surface area (Å²) in [6, 6.07) is 13.8. The molecule has 0 aliphatic carbocycles. The highest BCUT2D eigenvalue weighted by molar-refractivity contribution is 7.22. The quantitative estimate of drug-likeness (QED) is 0.401. The van der Waals surface area contributed by atoms with Gasteiger partial charge in [0.2, 0.25) is 5.91 Å². The molecule has 31 heavy (non-hydrogen) atoms. The van der Waals surface area contributed by atoms with Gasteiger partial charge in [0.05, 0.1) is 23.2 Å². The number of halogens is 1. The molecule has 1 amide bonds. The van der Waals surface area contributed by atoms with Crippen LogP contribution in [0.2, 0.25) is 0 Å². The van der Waals surface area contributed by atoms with E-state index in [1.807, 2.05) is 35.2 Å². The zero-order chi connectivity index (χ0) is 21.5. The van der Waals surface area contributed by atoms with Crippen LogP contribution in [0.5, 0.6) is 5.75 Å². The van der Waals surface area contributed by atoms with Gasteiger partial charge in [0.1, 0.15) is 5.75 Å². The van der Waals surface area contributed by atoms with Crippen molar-refractivity contribution in [3.8, 4) is 5.75 Å². The molecule has 3 aromatic rings. The molecular weight excluding hydrogens is 430 g/mol. The summed E-state index contributed by atoms with van der Waals surface area (Å²) in [6.07, 6.45) is 0.321. The van der Waals surface area contributed by atoms with Crippen LogP contribution in [0.15, 0.2) is 42.5 Å². The maximum atomic E-state index is 13.1. The summed E-state index contributed by atoms with van der Waals surface area (Å²) in [5.41, 5.74) is 3.39. The second kappa shape index (κ2) is 12.0. The van der Waals surface area contributed by atoms with Crippen LogP contribution in [-0.4, -0.2) is 48.6 Å². The first-order valence-electron chi connectivity index (χ1n) is 10.6. The summed E-state index contributed by atoms with van der Waals surface area (Å²) in [4.78, 5) is 22.2. The Labute approximate surface area is 195 Å². The normalized spacial score (nSPS) is 10.9. The Morgan fingerprint density at radius 3 is 2.42 bits per heavy atom. The van der Waals surface area contributed by atoms with Crippen LogP contribution in [0.3, 0.4) is 0 Å². The second-order valence-corrected chi connectivity index (χ2v) is 8.34. The van der Waals surface area contributed by atoms with Crippen LogP contribution in [0.25, 0.3) is 10.2 Å². The third-order valence-corrected chi connectivity index (χ3v) is 6.51. The van der Waals surface area contributed by atoms with Crippen LogP contribution < -0.4 is 9.64 Å². The Morgan fingerprint density at radius 2 is 1.74 bits per heavy atom. The standard InChI is InChI=1S/C24H31N3O2S.ClH/c1-5-26(6-2)15-16-27(22(28)14-17-29-20-10-8-7-9-11-20)24-25-23-19(4)18(3)12-13-21(23)30-24;/h7-13H,5-6,14-17H2,1-4H3;1H. The monoisotopic (exact) mass is 461 g/mol. The van der Waals surface area contributed by atoms with Crippen molar-refractivity contribution in [2.45, 2.75) is 34.1 Å². The summed E-state index contributed by atoms with van der Waals surface area (Å²) < 4.78 is 6.87. The number of para-hydroxylation sites is 1. The van der Waals surface area contributed by atoms with E-state index in [4.69, 9.17) is 9.72 Å². The van der Waals surface area contributed by atoms with Crippen molar-refractivity contribution in [1.29, 1.82) is 0 Å². The summed E-state index contributed by atoms with van der Waals surface area (Å²) in [5.74, 6) is 0.831. The van der Waals surface area contributed by atoms with E-state index in [0.717, 1.165) is 40.7 Å². The SMILES string of the molecule is CCN(CC)CCN(C(=O)CCOc1ccccc1)c1nc2c(C)c(C)ccc2s1.Cl. The smallest absolute Gasteiger partial charge is 0.232 e. The van der Waals surface area contributed by atoms with Crippen molar-refractivity contribution in [1.82, 2.24) is 9.88 Å². The average Bonchev–Trinajstić information content (AvgIpc) is 3.19. The van der Waals surface area contributed by atoms with Crippen molar-refractivity contribution >= 4 is 45.0 Å². The molecule has 1 aromatic heterocycles. The van der Waals surface area contributed by atoms with Crippen molar-refractivity contribution in [3.05, 3.63) is 53.6 Å². The van der Waals surface area contributed by atoms with Crippen molar-refractivity contribution in [2.75, 3.05) is 37.7 Å². The van der Waals surface area contributed by atoms with E-state index in [1.54, 1.807) is 11.3 Å². The average molecular weight is 462 g/mol. The van der Waals surface area contributed by atoms with Gasteiger partial charge < -0.3 is 9.64 Å². The van der Waals surface area contributed by atoms with Crippen LogP contribution in [0, 0.1) is 13.8 Å². The van der Waals surface area contributed by atoms with Crippen LogP contribution in [0.4, 0.5) is 5.13 Å². The number of benzene rings is 2. The van der Waals surface area contributed by atoms with E-state index in [1.165, 1.54) is 11.1 Å². The lowest BCUT2D eigenvalue weighted by molar-refractivity contribution is -0.119. The predicted octanol–water partition coefficient (Wildman–Crippen LogP) is 5.48. The molecule has 0 aliphatic rings. The fraction of sp³-hybridized carbons (Fsp3) is 0.417. The number of rotatable bonds is 10. The van der Waals surface area contributed by atoms with Gasteiger partial charge in [-0.25, -0.2) is 4.98 Å². The number of ether oxygens (including phenoxy) is 1. The van der Waals surface area contributed by atoms with Gasteiger partial charge in [0.15, 0.2) is 5.13 Å². The Morgan fingerprint density at radius 1 is 1.03 bits per heavy atom. The third kappa shape index (κ3) is 6.42. The molecule has 2 aromatic carbocycles. The van der Waals surface area contributed by atoms with Crippen LogP contribution in [0.1, 0.15) is 31.4 Å². The summed E-state index contributed by atoms with van der Waals surface area (Å²) >= 11 is 1.59. The number of anilines is 1. The minimum Gasteiger partial charge on any atom is -0.493 e. The molecule has 0 aliphatic heterocycles. The largest absolute Gasteiger partial charge is 0.493 e. The lowest BCUT2D eigenvalue weighted by Gasteiger charge is -2.24. The Balaban J connectivity index is 0.00000341. The Kier molecular flexibility index (Phi) is 9.75. The number of hydrogen-bond acceptors (Lipinski definition) is 5. The molecule has 0 saturated carbocycles. The minimum absolute atomic E-state index is 0. The van der Waals surface area contributed by atoms with E-state index in [0.29, 0.717) is 19.6 Å². The highest BCUT2D eigenvalue weighted by atomic mass is 35.5. The van der Waals surface area contributed by atoms with Crippen molar-refractivity contribution < 1.29 is 9.53 Å². The maximum Gasteiger partial charge on any atom is 0.232 e. The number of likely N-dealkylation sites (N-methyl/N-ethyl adjacent to an activating group) is 1. The van der Waals surface area contributed by atoms with Gasteiger partial charge in [0, 0.05) is 13.1 Å². The first-order valence-corrected chi connectivity index (χ1v) is 11.4. The maximum absolute atomic E-state index is 13.1. The topological polar surface area (TPSA) is 45.7 Å². The predicted molar refractivity (Wildman–Crippen MR) is 133 cm³/mol. The molecule has 0 atom stereocenters.